The maximum Gasteiger partial charge on any atom is 0.160 e. The number of aromatic nitrogens is 2. The topological polar surface area (TPSA) is 25.8 Å². The molecule has 0 saturated heterocycles. The van der Waals surface area contributed by atoms with E-state index >= 15 is 0 Å². The first-order chi connectivity index (χ1) is 14.2. The monoisotopic (exact) mass is 412 g/mol. The molecule has 2 rings (SSSR count). The van der Waals surface area contributed by atoms with E-state index in [9.17, 15) is 0 Å². The zero-order valence-electron chi connectivity index (χ0n) is 18.6. The summed E-state index contributed by atoms with van der Waals surface area (Å²) < 4.78 is 0. The maximum atomic E-state index is 4.70. The van der Waals surface area contributed by atoms with Gasteiger partial charge in [0, 0.05) is 22.9 Å². The minimum absolute atomic E-state index is 0.784. The van der Waals surface area contributed by atoms with E-state index in [2.05, 4.69) is 42.0 Å². The Balaban J connectivity index is 1.76. The molecular weight excluding hydrogens is 372 g/mol. The van der Waals surface area contributed by atoms with Crippen LogP contribution in [-0.2, 0) is 12.8 Å². The maximum absolute atomic E-state index is 4.70. The van der Waals surface area contributed by atoms with Gasteiger partial charge < -0.3 is 0 Å². The minimum atomic E-state index is 0.784. The number of aryl methyl sites for hydroxylation is 2. The zero-order chi connectivity index (χ0) is 20.7. The third-order valence-corrected chi connectivity index (χ3v) is 6.02. The van der Waals surface area contributed by atoms with Crippen LogP contribution in [0.4, 0.5) is 0 Å². The summed E-state index contributed by atoms with van der Waals surface area (Å²) in [6, 6.07) is 6.52. The van der Waals surface area contributed by atoms with Crippen molar-refractivity contribution in [2.45, 2.75) is 109 Å². The lowest BCUT2D eigenvalue weighted by Crippen LogP contribution is -1.95. The van der Waals surface area contributed by atoms with E-state index in [0.717, 1.165) is 29.1 Å². The third-order valence-electron chi connectivity index (χ3n) is 5.65. The van der Waals surface area contributed by atoms with Crippen molar-refractivity contribution in [2.75, 3.05) is 0 Å². The van der Waals surface area contributed by atoms with Crippen molar-refractivity contribution in [3.05, 3.63) is 41.7 Å². The van der Waals surface area contributed by atoms with Gasteiger partial charge in [-0.3, -0.25) is 0 Å². The van der Waals surface area contributed by atoms with Gasteiger partial charge in [-0.25, -0.2) is 9.97 Å². The highest BCUT2D eigenvalue weighted by Crippen LogP contribution is 2.25. The van der Waals surface area contributed by atoms with Crippen LogP contribution in [0.3, 0.4) is 0 Å². The Morgan fingerprint density at radius 1 is 0.655 bits per heavy atom. The normalized spacial score (nSPS) is 11.1. The highest BCUT2D eigenvalue weighted by Gasteiger charge is 2.07. The summed E-state index contributed by atoms with van der Waals surface area (Å²) in [6.07, 6.45) is 22.2. The van der Waals surface area contributed by atoms with E-state index in [4.69, 9.17) is 12.6 Å². The number of nitrogens with zero attached hydrogens (tertiary/aromatic N) is 2. The lowest BCUT2D eigenvalue weighted by Gasteiger charge is -2.08. The molecule has 0 aliphatic carbocycles. The summed E-state index contributed by atoms with van der Waals surface area (Å²) in [5.41, 5.74) is 3.64. The summed E-state index contributed by atoms with van der Waals surface area (Å²) in [6.45, 7) is 4.52. The second-order valence-electron chi connectivity index (χ2n) is 8.30. The molecule has 0 aliphatic heterocycles. The Kier molecular flexibility index (Phi) is 12.0. The predicted molar refractivity (Wildman–Crippen MR) is 129 cm³/mol. The van der Waals surface area contributed by atoms with Gasteiger partial charge in [0.25, 0.3) is 0 Å². The minimum Gasteiger partial charge on any atom is -0.236 e. The lowest BCUT2D eigenvalue weighted by molar-refractivity contribution is 0.575. The van der Waals surface area contributed by atoms with Gasteiger partial charge in [0.1, 0.15) is 0 Å². The second-order valence-corrected chi connectivity index (χ2v) is 8.78. The molecule has 0 saturated carbocycles. The molecular formula is C26H40N2S. The smallest absolute Gasteiger partial charge is 0.160 e. The molecule has 2 aromatic rings. The van der Waals surface area contributed by atoms with Crippen LogP contribution in [0.2, 0.25) is 0 Å². The lowest BCUT2D eigenvalue weighted by atomic mass is 10.0. The van der Waals surface area contributed by atoms with E-state index in [1.165, 1.54) is 88.2 Å². The summed E-state index contributed by atoms with van der Waals surface area (Å²) in [4.78, 5) is 10.2. The van der Waals surface area contributed by atoms with Gasteiger partial charge in [0.2, 0.25) is 0 Å². The van der Waals surface area contributed by atoms with Crippen molar-refractivity contribution >= 4 is 12.6 Å². The first kappa shape index (κ1) is 23.9. The first-order valence-corrected chi connectivity index (χ1v) is 12.3. The van der Waals surface area contributed by atoms with E-state index in [0.29, 0.717) is 0 Å². The van der Waals surface area contributed by atoms with Crippen molar-refractivity contribution in [3.63, 3.8) is 0 Å². The molecule has 0 spiro atoms. The Hall–Kier alpha value is -1.35. The van der Waals surface area contributed by atoms with Crippen LogP contribution >= 0.6 is 12.6 Å². The SMILES string of the molecule is CCCCCCCCCCc1cnc(-c2ccc(CCCCCC)cc2S)nc1. The van der Waals surface area contributed by atoms with Crippen molar-refractivity contribution in [2.24, 2.45) is 0 Å². The number of hydrogen-bond acceptors (Lipinski definition) is 3. The average molecular weight is 413 g/mol. The number of benzene rings is 1. The second kappa shape index (κ2) is 14.6. The van der Waals surface area contributed by atoms with E-state index in [1.807, 2.05) is 12.4 Å². The quantitative estimate of drug-likeness (QED) is 0.235. The summed E-state index contributed by atoms with van der Waals surface area (Å²) >= 11 is 4.70. The summed E-state index contributed by atoms with van der Waals surface area (Å²) in [7, 11) is 0. The van der Waals surface area contributed by atoms with Gasteiger partial charge in [-0.15, -0.1) is 12.6 Å². The van der Waals surface area contributed by atoms with Crippen LogP contribution < -0.4 is 0 Å². The molecule has 0 N–H and O–H groups in total. The van der Waals surface area contributed by atoms with Crippen LogP contribution in [0.5, 0.6) is 0 Å². The van der Waals surface area contributed by atoms with Gasteiger partial charge in [0.15, 0.2) is 5.82 Å². The molecule has 1 aromatic carbocycles. The van der Waals surface area contributed by atoms with Crippen molar-refractivity contribution in [3.8, 4) is 11.4 Å². The van der Waals surface area contributed by atoms with Crippen LogP contribution in [0.1, 0.15) is 102 Å². The highest BCUT2D eigenvalue weighted by molar-refractivity contribution is 7.80. The van der Waals surface area contributed by atoms with Crippen molar-refractivity contribution < 1.29 is 0 Å². The standard InChI is InChI=1S/C26H40N2S/c1-3-5-7-9-10-11-12-14-16-23-20-27-26(28-21-23)24-18-17-22(19-25(24)29)15-13-8-6-4-2/h17-21,29H,3-16H2,1-2H3. The average Bonchev–Trinajstić information content (AvgIpc) is 2.74. The fraction of sp³-hybridized carbons (Fsp3) is 0.615. The molecule has 3 heteroatoms. The van der Waals surface area contributed by atoms with Gasteiger partial charge in [0.05, 0.1) is 0 Å². The van der Waals surface area contributed by atoms with E-state index in [1.54, 1.807) is 0 Å². The fourth-order valence-corrected chi connectivity index (χ4v) is 4.10. The Morgan fingerprint density at radius 3 is 1.76 bits per heavy atom. The van der Waals surface area contributed by atoms with Crippen molar-refractivity contribution in [1.29, 1.82) is 0 Å². The molecule has 160 valence electrons. The molecule has 0 atom stereocenters. The van der Waals surface area contributed by atoms with Gasteiger partial charge in [-0.05, 0) is 48.9 Å². The van der Waals surface area contributed by atoms with Crippen LogP contribution in [-0.4, -0.2) is 9.97 Å². The first-order valence-electron chi connectivity index (χ1n) is 11.9. The Bertz CT molecular complexity index is 682. The summed E-state index contributed by atoms with van der Waals surface area (Å²) in [5.74, 6) is 0.784. The molecule has 2 nitrogen and oxygen atoms in total. The molecule has 1 heterocycles. The molecule has 0 amide bonds. The van der Waals surface area contributed by atoms with Gasteiger partial charge in [-0.1, -0.05) is 84.1 Å². The van der Waals surface area contributed by atoms with Crippen molar-refractivity contribution in [1.82, 2.24) is 9.97 Å². The molecule has 29 heavy (non-hydrogen) atoms. The van der Waals surface area contributed by atoms with E-state index < -0.39 is 0 Å². The third kappa shape index (κ3) is 9.33. The zero-order valence-corrected chi connectivity index (χ0v) is 19.5. The molecule has 0 aliphatic rings. The molecule has 0 bridgehead atoms. The number of hydrogen-bond donors (Lipinski definition) is 1. The van der Waals surface area contributed by atoms with Crippen LogP contribution in [0.15, 0.2) is 35.5 Å². The van der Waals surface area contributed by atoms with Gasteiger partial charge >= 0.3 is 0 Å². The largest absolute Gasteiger partial charge is 0.236 e. The Morgan fingerprint density at radius 2 is 1.17 bits per heavy atom. The number of thiol groups is 1. The van der Waals surface area contributed by atoms with Gasteiger partial charge in [-0.2, -0.15) is 0 Å². The number of rotatable bonds is 15. The number of unbranched alkanes of at least 4 members (excludes halogenated alkanes) is 10. The summed E-state index contributed by atoms with van der Waals surface area (Å²) in [5, 5.41) is 0. The van der Waals surface area contributed by atoms with E-state index in [-0.39, 0.29) is 0 Å². The molecule has 0 fully saturated rings. The molecule has 0 radical (unpaired) electrons. The van der Waals surface area contributed by atoms with Crippen LogP contribution in [0, 0.1) is 0 Å². The molecule has 1 aromatic heterocycles. The Labute approximate surface area is 184 Å². The van der Waals surface area contributed by atoms with Crippen LogP contribution in [0.25, 0.3) is 11.4 Å². The predicted octanol–water partition coefficient (Wildman–Crippen LogP) is 8.24. The highest BCUT2D eigenvalue weighted by atomic mass is 32.1. The fourth-order valence-electron chi connectivity index (χ4n) is 3.76. The molecule has 0 unspecified atom stereocenters.